The summed E-state index contributed by atoms with van der Waals surface area (Å²) in [6.07, 6.45) is 3.33. The monoisotopic (exact) mass is 464 g/mol. The number of benzene rings is 3. The van der Waals surface area contributed by atoms with Gasteiger partial charge in [0.05, 0.1) is 5.52 Å². The van der Waals surface area contributed by atoms with E-state index in [1.54, 1.807) is 42.7 Å². The average Bonchev–Trinajstić information content (AvgIpc) is 2.84. The second-order valence-corrected chi connectivity index (χ2v) is 8.00. The third-order valence-corrected chi connectivity index (χ3v) is 5.53. The summed E-state index contributed by atoms with van der Waals surface area (Å²) in [7, 11) is 0. The maximum absolute atomic E-state index is 14.0. The summed E-state index contributed by atoms with van der Waals surface area (Å²) in [4.78, 5) is 20.9. The third-order valence-electron chi connectivity index (χ3n) is 5.53. The number of nitrogens with one attached hydrogen (secondary N) is 1. The molecule has 0 aliphatic heterocycles. The van der Waals surface area contributed by atoms with Crippen LogP contribution < -0.4 is 15.8 Å². The van der Waals surface area contributed by atoms with E-state index in [4.69, 9.17) is 10.5 Å². The first-order chi connectivity index (χ1) is 17.0. The summed E-state index contributed by atoms with van der Waals surface area (Å²) in [6.45, 7) is 1.89. The first-order valence-electron chi connectivity index (χ1n) is 10.9. The van der Waals surface area contributed by atoms with Crippen LogP contribution in [0.25, 0.3) is 22.0 Å². The van der Waals surface area contributed by atoms with E-state index < -0.39 is 5.91 Å². The molecular formula is C28H21FN4O2. The highest BCUT2D eigenvalue weighted by molar-refractivity contribution is 6.04. The quantitative estimate of drug-likeness (QED) is 0.304. The number of pyridine rings is 2. The zero-order chi connectivity index (χ0) is 24.4. The molecule has 3 N–H and O–H groups in total. The first kappa shape index (κ1) is 22.0. The van der Waals surface area contributed by atoms with E-state index in [9.17, 15) is 9.18 Å². The van der Waals surface area contributed by atoms with Crippen LogP contribution in [0.15, 0.2) is 91.3 Å². The van der Waals surface area contributed by atoms with E-state index in [0.29, 0.717) is 44.9 Å². The summed E-state index contributed by atoms with van der Waals surface area (Å²) >= 11 is 0. The molecule has 0 atom stereocenters. The molecule has 0 spiro atoms. The molecule has 35 heavy (non-hydrogen) atoms. The van der Waals surface area contributed by atoms with Crippen molar-refractivity contribution in [3.63, 3.8) is 0 Å². The van der Waals surface area contributed by atoms with Crippen molar-refractivity contribution in [2.75, 3.05) is 5.32 Å². The van der Waals surface area contributed by atoms with Crippen molar-refractivity contribution in [3.8, 4) is 22.6 Å². The van der Waals surface area contributed by atoms with E-state index in [0.717, 1.165) is 11.3 Å². The number of carbonyl (C=O) groups excluding carboxylic acids is 1. The highest BCUT2D eigenvalue weighted by Gasteiger charge is 2.17. The van der Waals surface area contributed by atoms with Gasteiger partial charge in [0.25, 0.3) is 0 Å². The summed E-state index contributed by atoms with van der Waals surface area (Å²) in [5.74, 6) is 0.317. The lowest BCUT2D eigenvalue weighted by Gasteiger charge is -2.17. The number of primary amides is 1. The molecule has 0 aliphatic rings. The average molecular weight is 465 g/mol. The minimum atomic E-state index is -0.564. The van der Waals surface area contributed by atoms with Gasteiger partial charge in [-0.15, -0.1) is 0 Å². The van der Waals surface area contributed by atoms with Gasteiger partial charge in [-0.2, -0.15) is 0 Å². The minimum Gasteiger partial charge on any atom is -0.457 e. The number of carbonyl (C=O) groups is 1. The number of fused-ring (bicyclic) bond motifs is 1. The lowest BCUT2D eigenvalue weighted by molar-refractivity contribution is 0.100. The Balaban J connectivity index is 1.60. The number of ether oxygens (including phenoxy) is 1. The fourth-order valence-corrected chi connectivity index (χ4v) is 3.98. The predicted octanol–water partition coefficient (Wildman–Crippen LogP) is 6.38. The van der Waals surface area contributed by atoms with Crippen LogP contribution in [-0.2, 0) is 0 Å². The Kier molecular flexibility index (Phi) is 5.81. The second-order valence-electron chi connectivity index (χ2n) is 8.00. The Morgan fingerprint density at radius 2 is 1.69 bits per heavy atom. The van der Waals surface area contributed by atoms with Gasteiger partial charge in [-0.3, -0.25) is 14.8 Å². The maximum atomic E-state index is 14.0. The number of nitrogens with zero attached hydrogens (tertiary/aromatic N) is 2. The van der Waals surface area contributed by atoms with Gasteiger partial charge >= 0.3 is 0 Å². The van der Waals surface area contributed by atoms with Crippen molar-refractivity contribution < 1.29 is 13.9 Å². The molecular weight excluding hydrogens is 443 g/mol. The smallest absolute Gasteiger partial charge is 0.249 e. The highest BCUT2D eigenvalue weighted by atomic mass is 19.1. The van der Waals surface area contributed by atoms with Gasteiger partial charge in [0.2, 0.25) is 5.91 Å². The zero-order valence-electron chi connectivity index (χ0n) is 18.8. The van der Waals surface area contributed by atoms with Gasteiger partial charge in [-0.25, -0.2) is 4.39 Å². The molecule has 7 heteroatoms. The molecule has 172 valence electrons. The van der Waals surface area contributed by atoms with Crippen LogP contribution >= 0.6 is 0 Å². The SMILES string of the molecule is Cc1cc(Oc2cccc(-c3c(Nc4ccnc5ccc(F)cc45)cccc3C(N)=O)c2)ccn1. The third kappa shape index (κ3) is 4.65. The molecule has 0 unspecified atom stereocenters. The standard InChI is InChI=1S/C28H21FN4O2/c1-17-14-21(10-12-31-17)35-20-5-2-4-18(15-20)27-22(28(30)34)6-3-7-26(27)33-25-11-13-32-24-9-8-19(29)16-23(24)25/h2-16H,1H3,(H2,30,34)(H,32,33). The number of aromatic nitrogens is 2. The number of anilines is 2. The van der Waals surface area contributed by atoms with Gasteiger partial charge in [-0.1, -0.05) is 18.2 Å². The fraction of sp³-hybridized carbons (Fsp3) is 0.0357. The largest absolute Gasteiger partial charge is 0.457 e. The zero-order valence-corrected chi connectivity index (χ0v) is 18.8. The Morgan fingerprint density at radius 3 is 2.51 bits per heavy atom. The molecule has 2 aromatic heterocycles. The van der Waals surface area contributed by atoms with Crippen molar-refractivity contribution in [2.45, 2.75) is 6.92 Å². The number of rotatable bonds is 6. The number of aryl methyl sites for hydroxylation is 1. The van der Waals surface area contributed by atoms with E-state index in [1.807, 2.05) is 43.3 Å². The van der Waals surface area contributed by atoms with E-state index >= 15 is 0 Å². The van der Waals surface area contributed by atoms with Gasteiger partial charge in [-0.05, 0) is 67.1 Å². The molecule has 0 saturated heterocycles. The lowest BCUT2D eigenvalue weighted by Crippen LogP contribution is -2.13. The molecule has 3 aromatic carbocycles. The first-order valence-corrected chi connectivity index (χ1v) is 10.9. The molecule has 0 bridgehead atoms. The normalized spacial score (nSPS) is 10.8. The summed E-state index contributed by atoms with van der Waals surface area (Å²) in [6, 6.07) is 22.4. The summed E-state index contributed by atoms with van der Waals surface area (Å²) in [5.41, 5.74) is 10.2. The summed E-state index contributed by atoms with van der Waals surface area (Å²) in [5, 5.41) is 3.97. The number of hydrogen-bond acceptors (Lipinski definition) is 5. The highest BCUT2D eigenvalue weighted by Crippen LogP contribution is 2.37. The van der Waals surface area contributed by atoms with E-state index in [-0.39, 0.29) is 5.82 Å². The Hall–Kier alpha value is -4.78. The lowest BCUT2D eigenvalue weighted by atomic mass is 9.96. The topological polar surface area (TPSA) is 90.1 Å². The van der Waals surface area contributed by atoms with Crippen LogP contribution in [0.2, 0.25) is 0 Å². The Bertz CT molecular complexity index is 1570. The van der Waals surface area contributed by atoms with Crippen molar-refractivity contribution in [3.05, 3.63) is 108 Å². The molecule has 0 fully saturated rings. The van der Waals surface area contributed by atoms with Crippen molar-refractivity contribution in [1.82, 2.24) is 9.97 Å². The molecule has 1 amide bonds. The van der Waals surface area contributed by atoms with Gasteiger partial charge < -0.3 is 15.8 Å². The maximum Gasteiger partial charge on any atom is 0.249 e. The van der Waals surface area contributed by atoms with Crippen molar-refractivity contribution in [2.24, 2.45) is 5.73 Å². The van der Waals surface area contributed by atoms with Crippen LogP contribution in [0, 0.1) is 12.7 Å². The Labute approximate surface area is 201 Å². The molecule has 6 nitrogen and oxygen atoms in total. The van der Waals surface area contributed by atoms with E-state index in [2.05, 4.69) is 15.3 Å². The van der Waals surface area contributed by atoms with Crippen LogP contribution in [0.3, 0.4) is 0 Å². The number of amides is 1. The Morgan fingerprint density at radius 1 is 0.886 bits per heavy atom. The predicted molar refractivity (Wildman–Crippen MR) is 134 cm³/mol. The van der Waals surface area contributed by atoms with Crippen LogP contribution in [-0.4, -0.2) is 15.9 Å². The number of nitrogens with two attached hydrogens (primary N) is 1. The summed E-state index contributed by atoms with van der Waals surface area (Å²) < 4.78 is 20.0. The van der Waals surface area contributed by atoms with Gasteiger partial charge in [0, 0.05) is 52.0 Å². The minimum absolute atomic E-state index is 0.344. The van der Waals surface area contributed by atoms with Crippen molar-refractivity contribution in [1.29, 1.82) is 0 Å². The number of hydrogen-bond donors (Lipinski definition) is 2. The molecule has 0 radical (unpaired) electrons. The molecule has 2 heterocycles. The fourth-order valence-electron chi connectivity index (χ4n) is 3.98. The molecule has 5 rings (SSSR count). The van der Waals surface area contributed by atoms with Gasteiger partial charge in [0.15, 0.2) is 0 Å². The van der Waals surface area contributed by atoms with E-state index in [1.165, 1.54) is 12.1 Å². The van der Waals surface area contributed by atoms with Crippen LogP contribution in [0.4, 0.5) is 15.8 Å². The van der Waals surface area contributed by atoms with Gasteiger partial charge in [0.1, 0.15) is 17.3 Å². The second kappa shape index (κ2) is 9.23. The molecule has 0 aliphatic carbocycles. The molecule has 5 aromatic rings. The van der Waals surface area contributed by atoms with Crippen LogP contribution in [0.1, 0.15) is 16.1 Å². The number of halogens is 1. The van der Waals surface area contributed by atoms with Crippen molar-refractivity contribution >= 4 is 28.2 Å². The molecule has 0 saturated carbocycles. The van der Waals surface area contributed by atoms with Crippen LogP contribution in [0.5, 0.6) is 11.5 Å².